The average Bonchev–Trinajstić information content (AvgIpc) is 3.39. The number of rotatable bonds is 5. The quantitative estimate of drug-likeness (QED) is 0.241. The third-order valence-electron chi connectivity index (χ3n) is 6.67. The Morgan fingerprint density at radius 3 is 2.49 bits per heavy atom. The fourth-order valence-corrected chi connectivity index (χ4v) is 6.39. The van der Waals surface area contributed by atoms with E-state index < -0.39 is 0 Å². The Morgan fingerprint density at radius 2 is 1.73 bits per heavy atom. The molecule has 1 aliphatic heterocycles. The lowest BCUT2D eigenvalue weighted by molar-refractivity contribution is 0.123. The first-order valence-electron chi connectivity index (χ1n) is 12.3. The van der Waals surface area contributed by atoms with Crippen molar-refractivity contribution in [3.63, 3.8) is 0 Å². The minimum absolute atomic E-state index is 0.0570. The number of anilines is 1. The Hall–Kier alpha value is -3.39. The fourth-order valence-electron chi connectivity index (χ4n) is 4.77. The number of aromatic nitrogens is 2. The second-order valence-corrected chi connectivity index (χ2v) is 11.0. The van der Waals surface area contributed by atoms with Crippen LogP contribution < -0.4 is 10.5 Å². The summed E-state index contributed by atoms with van der Waals surface area (Å²) in [5.41, 5.74) is 4.89. The molecular weight excluding hydrogens is 498 g/mol. The highest BCUT2D eigenvalue weighted by atomic mass is 32.2. The van der Waals surface area contributed by atoms with Crippen LogP contribution >= 0.6 is 23.1 Å². The van der Waals surface area contributed by atoms with Crippen LogP contribution in [0.15, 0.2) is 88.6 Å². The lowest BCUT2D eigenvalue weighted by Gasteiger charge is -2.28. The molecule has 1 aliphatic rings. The monoisotopic (exact) mass is 525 g/mol. The van der Waals surface area contributed by atoms with E-state index in [0.29, 0.717) is 29.9 Å². The highest BCUT2D eigenvalue weighted by Crippen LogP contribution is 2.43. The number of nitrogens with zero attached hydrogens (tertiary/aromatic N) is 3. The van der Waals surface area contributed by atoms with Crippen LogP contribution in [0, 0.1) is 6.92 Å². The van der Waals surface area contributed by atoms with Crippen LogP contribution in [0.2, 0.25) is 0 Å². The molecule has 0 N–H and O–H groups in total. The summed E-state index contributed by atoms with van der Waals surface area (Å²) in [5.74, 6) is 0.667. The first-order chi connectivity index (χ1) is 18.1. The molecule has 0 atom stereocenters. The van der Waals surface area contributed by atoms with Crippen molar-refractivity contribution >= 4 is 39.0 Å². The number of hydrogen-bond acceptors (Lipinski definition) is 6. The number of ether oxygens (including phenoxy) is 1. The molecule has 186 valence electrons. The summed E-state index contributed by atoms with van der Waals surface area (Å²) in [6, 6.07) is 26.5. The predicted octanol–water partition coefficient (Wildman–Crippen LogP) is 6.65. The van der Waals surface area contributed by atoms with Crippen molar-refractivity contribution in [2.75, 3.05) is 37.5 Å². The van der Waals surface area contributed by atoms with E-state index >= 15 is 0 Å². The van der Waals surface area contributed by atoms with Gasteiger partial charge in [0.25, 0.3) is 5.56 Å². The highest BCUT2D eigenvalue weighted by Gasteiger charge is 2.23. The van der Waals surface area contributed by atoms with Crippen molar-refractivity contribution in [3.05, 3.63) is 94.8 Å². The van der Waals surface area contributed by atoms with Crippen LogP contribution in [-0.4, -0.2) is 42.1 Å². The SMILES string of the molecule is CSc1ccc(-c2cc(-c3nc4ccccc4c(=O)n3-c3cccc(C)c3)sc2N2CCOCC2)cc1. The van der Waals surface area contributed by atoms with Gasteiger partial charge in [0.2, 0.25) is 0 Å². The van der Waals surface area contributed by atoms with E-state index in [0.717, 1.165) is 40.3 Å². The molecule has 0 saturated carbocycles. The van der Waals surface area contributed by atoms with E-state index in [1.54, 1.807) is 27.7 Å². The zero-order valence-electron chi connectivity index (χ0n) is 20.8. The number of aryl methyl sites for hydroxylation is 1. The molecule has 2 aromatic heterocycles. The molecule has 0 radical (unpaired) electrons. The summed E-state index contributed by atoms with van der Waals surface area (Å²) in [7, 11) is 0. The smallest absolute Gasteiger partial charge is 0.266 e. The average molecular weight is 526 g/mol. The van der Waals surface area contributed by atoms with E-state index in [-0.39, 0.29) is 5.56 Å². The van der Waals surface area contributed by atoms with Gasteiger partial charge in [-0.25, -0.2) is 4.98 Å². The van der Waals surface area contributed by atoms with Crippen molar-refractivity contribution in [2.24, 2.45) is 0 Å². The number of thioether (sulfide) groups is 1. The minimum atomic E-state index is -0.0570. The number of hydrogen-bond donors (Lipinski definition) is 0. The maximum Gasteiger partial charge on any atom is 0.266 e. The van der Waals surface area contributed by atoms with Gasteiger partial charge < -0.3 is 9.64 Å². The number of morpholine rings is 1. The van der Waals surface area contributed by atoms with E-state index in [1.807, 2.05) is 55.5 Å². The molecule has 3 heterocycles. The van der Waals surface area contributed by atoms with Gasteiger partial charge in [-0.2, -0.15) is 0 Å². The van der Waals surface area contributed by atoms with Crippen molar-refractivity contribution in [3.8, 4) is 27.5 Å². The molecule has 0 amide bonds. The van der Waals surface area contributed by atoms with Crippen molar-refractivity contribution in [1.29, 1.82) is 0 Å². The molecule has 0 unspecified atom stereocenters. The molecule has 5 aromatic rings. The van der Waals surface area contributed by atoms with Gasteiger partial charge in [0.15, 0.2) is 5.82 Å². The van der Waals surface area contributed by atoms with Crippen LogP contribution in [0.5, 0.6) is 0 Å². The minimum Gasteiger partial charge on any atom is -0.378 e. The van der Waals surface area contributed by atoms with Gasteiger partial charge in [-0.3, -0.25) is 9.36 Å². The molecule has 37 heavy (non-hydrogen) atoms. The highest BCUT2D eigenvalue weighted by molar-refractivity contribution is 7.98. The van der Waals surface area contributed by atoms with Crippen molar-refractivity contribution < 1.29 is 4.74 Å². The molecule has 1 fully saturated rings. The first kappa shape index (κ1) is 24.0. The number of para-hydroxylation sites is 1. The summed E-state index contributed by atoms with van der Waals surface area (Å²) < 4.78 is 7.41. The normalized spacial score (nSPS) is 13.8. The van der Waals surface area contributed by atoms with Crippen LogP contribution in [-0.2, 0) is 4.74 Å². The second kappa shape index (κ2) is 10.2. The lowest BCUT2D eigenvalue weighted by Crippen LogP contribution is -2.35. The maximum atomic E-state index is 13.9. The molecule has 0 bridgehead atoms. The van der Waals surface area contributed by atoms with Crippen LogP contribution in [0.3, 0.4) is 0 Å². The Labute approximate surface area is 224 Å². The molecule has 0 spiro atoms. The fraction of sp³-hybridized carbons (Fsp3) is 0.200. The van der Waals surface area contributed by atoms with Gasteiger partial charge in [0.05, 0.1) is 39.7 Å². The zero-order valence-corrected chi connectivity index (χ0v) is 22.4. The van der Waals surface area contributed by atoms with Crippen molar-refractivity contribution in [2.45, 2.75) is 11.8 Å². The van der Waals surface area contributed by atoms with Gasteiger partial charge in [-0.05, 0) is 66.8 Å². The van der Waals surface area contributed by atoms with E-state index in [9.17, 15) is 4.79 Å². The van der Waals surface area contributed by atoms with E-state index in [4.69, 9.17) is 9.72 Å². The Morgan fingerprint density at radius 1 is 0.946 bits per heavy atom. The van der Waals surface area contributed by atoms with Gasteiger partial charge in [-0.15, -0.1) is 23.1 Å². The Kier molecular flexibility index (Phi) is 6.59. The largest absolute Gasteiger partial charge is 0.378 e. The Bertz CT molecular complexity index is 1630. The predicted molar refractivity (Wildman–Crippen MR) is 156 cm³/mol. The Balaban J connectivity index is 1.60. The molecule has 0 aliphatic carbocycles. The summed E-state index contributed by atoms with van der Waals surface area (Å²) in [5, 5.41) is 1.80. The van der Waals surface area contributed by atoms with E-state index in [2.05, 4.69) is 41.5 Å². The number of thiophene rings is 1. The standard InChI is InChI=1S/C30H27N3O2S2/c1-20-6-5-7-22(18-20)33-28(31-26-9-4-3-8-24(26)29(33)34)27-19-25(21-10-12-23(36-2)13-11-21)30(37-27)32-14-16-35-17-15-32/h3-13,18-19H,14-17H2,1-2H3. The molecular formula is C30H27N3O2S2. The summed E-state index contributed by atoms with van der Waals surface area (Å²) >= 11 is 3.44. The van der Waals surface area contributed by atoms with Gasteiger partial charge in [0.1, 0.15) is 0 Å². The van der Waals surface area contributed by atoms with Crippen LogP contribution in [0.4, 0.5) is 5.00 Å². The topological polar surface area (TPSA) is 47.4 Å². The third-order valence-corrected chi connectivity index (χ3v) is 8.60. The molecule has 3 aromatic carbocycles. The molecule has 5 nitrogen and oxygen atoms in total. The van der Waals surface area contributed by atoms with Crippen LogP contribution in [0.25, 0.3) is 38.4 Å². The number of fused-ring (bicyclic) bond motifs is 1. The van der Waals surface area contributed by atoms with E-state index in [1.165, 1.54) is 9.90 Å². The number of benzene rings is 3. The second-order valence-electron chi connectivity index (χ2n) is 9.09. The van der Waals surface area contributed by atoms with Gasteiger partial charge in [-0.1, -0.05) is 36.4 Å². The summed E-state index contributed by atoms with van der Waals surface area (Å²) in [6.45, 7) is 5.14. The van der Waals surface area contributed by atoms with Crippen molar-refractivity contribution in [1.82, 2.24) is 9.55 Å². The lowest BCUT2D eigenvalue weighted by atomic mass is 10.1. The summed E-state index contributed by atoms with van der Waals surface area (Å²) in [4.78, 5) is 23.5. The third kappa shape index (κ3) is 4.59. The van der Waals surface area contributed by atoms with Crippen LogP contribution in [0.1, 0.15) is 5.56 Å². The molecule has 6 rings (SSSR count). The molecule has 1 saturated heterocycles. The molecule has 7 heteroatoms. The van der Waals surface area contributed by atoms with Gasteiger partial charge >= 0.3 is 0 Å². The maximum absolute atomic E-state index is 13.9. The summed E-state index contributed by atoms with van der Waals surface area (Å²) in [6.07, 6.45) is 2.09. The first-order valence-corrected chi connectivity index (χ1v) is 14.4. The zero-order chi connectivity index (χ0) is 25.4. The van der Waals surface area contributed by atoms with Gasteiger partial charge in [0, 0.05) is 23.5 Å².